The van der Waals surface area contributed by atoms with Crippen LogP contribution in [0.3, 0.4) is 0 Å². The lowest BCUT2D eigenvalue weighted by Crippen LogP contribution is -2.10. The molecule has 0 saturated carbocycles. The summed E-state index contributed by atoms with van der Waals surface area (Å²) in [5.74, 6) is -0.718. The first-order valence-electron chi connectivity index (χ1n) is 5.31. The average Bonchev–Trinajstić information content (AvgIpc) is 2.46. The standard InChI is InChI=1S/C13H8ClFN2O/c14-7-1-3-10-9(5-7)13(18)17-12-6-8(15)2-4-11(12)16-10/h1-6,16H,(H,17,18). The summed E-state index contributed by atoms with van der Waals surface area (Å²) in [6.07, 6.45) is 0. The SMILES string of the molecule is O=C1Nc2cc(F)ccc2Nc2ccc(Cl)cc21. The third-order valence-corrected chi connectivity index (χ3v) is 2.96. The predicted octanol–water partition coefficient (Wildman–Crippen LogP) is 3.79. The number of anilines is 3. The summed E-state index contributed by atoms with van der Waals surface area (Å²) in [4.78, 5) is 12.0. The molecular formula is C13H8ClFN2O. The van der Waals surface area contributed by atoms with Crippen LogP contribution in [0, 0.1) is 5.82 Å². The topological polar surface area (TPSA) is 41.1 Å². The summed E-state index contributed by atoms with van der Waals surface area (Å²) in [7, 11) is 0. The van der Waals surface area contributed by atoms with Gasteiger partial charge in [0.25, 0.3) is 5.91 Å². The van der Waals surface area contributed by atoms with Gasteiger partial charge in [-0.15, -0.1) is 0 Å². The van der Waals surface area contributed by atoms with E-state index in [0.717, 1.165) is 0 Å². The van der Waals surface area contributed by atoms with Crippen LogP contribution in [0.4, 0.5) is 21.5 Å². The molecule has 0 fully saturated rings. The van der Waals surface area contributed by atoms with E-state index in [1.807, 2.05) is 0 Å². The largest absolute Gasteiger partial charge is 0.353 e. The van der Waals surface area contributed by atoms with Gasteiger partial charge in [-0.1, -0.05) is 11.6 Å². The summed E-state index contributed by atoms with van der Waals surface area (Å²) >= 11 is 5.86. The van der Waals surface area contributed by atoms with Crippen LogP contribution in [0.1, 0.15) is 10.4 Å². The number of amides is 1. The summed E-state index contributed by atoms with van der Waals surface area (Å²) in [6.45, 7) is 0. The van der Waals surface area contributed by atoms with Gasteiger partial charge in [0.15, 0.2) is 0 Å². The van der Waals surface area contributed by atoms with E-state index in [4.69, 9.17) is 11.6 Å². The summed E-state index contributed by atoms with van der Waals surface area (Å²) in [5, 5.41) is 6.20. The van der Waals surface area contributed by atoms with Crippen LogP contribution in [0.25, 0.3) is 0 Å². The minimum atomic E-state index is -0.403. The van der Waals surface area contributed by atoms with Crippen molar-refractivity contribution < 1.29 is 9.18 Å². The van der Waals surface area contributed by atoms with Crippen LogP contribution in [0.2, 0.25) is 5.02 Å². The predicted molar refractivity (Wildman–Crippen MR) is 69.1 cm³/mol. The van der Waals surface area contributed by atoms with Crippen LogP contribution >= 0.6 is 11.6 Å². The monoisotopic (exact) mass is 262 g/mol. The van der Waals surface area contributed by atoms with Crippen LogP contribution in [-0.4, -0.2) is 5.91 Å². The zero-order chi connectivity index (χ0) is 12.7. The van der Waals surface area contributed by atoms with E-state index in [1.54, 1.807) is 24.3 Å². The Morgan fingerprint density at radius 2 is 1.72 bits per heavy atom. The Morgan fingerprint density at radius 1 is 0.944 bits per heavy atom. The highest BCUT2D eigenvalue weighted by Gasteiger charge is 2.19. The molecule has 5 heteroatoms. The highest BCUT2D eigenvalue weighted by Crippen LogP contribution is 2.33. The van der Waals surface area contributed by atoms with Gasteiger partial charge in [0.05, 0.1) is 22.6 Å². The molecule has 0 aromatic heterocycles. The molecule has 18 heavy (non-hydrogen) atoms. The fourth-order valence-electron chi connectivity index (χ4n) is 1.88. The molecule has 1 aliphatic rings. The van der Waals surface area contributed by atoms with Crippen LogP contribution in [-0.2, 0) is 0 Å². The smallest absolute Gasteiger partial charge is 0.257 e. The van der Waals surface area contributed by atoms with E-state index in [1.165, 1.54) is 12.1 Å². The maximum absolute atomic E-state index is 13.1. The zero-order valence-electron chi connectivity index (χ0n) is 9.13. The van der Waals surface area contributed by atoms with Crippen molar-refractivity contribution in [3.63, 3.8) is 0 Å². The Morgan fingerprint density at radius 3 is 2.56 bits per heavy atom. The van der Waals surface area contributed by atoms with Crippen molar-refractivity contribution in [2.45, 2.75) is 0 Å². The molecule has 0 radical (unpaired) electrons. The number of nitrogens with one attached hydrogen (secondary N) is 2. The van der Waals surface area contributed by atoms with Gasteiger partial charge < -0.3 is 10.6 Å². The molecule has 0 spiro atoms. The van der Waals surface area contributed by atoms with Crippen LogP contribution < -0.4 is 10.6 Å². The Bertz CT molecular complexity index is 657. The third kappa shape index (κ3) is 1.80. The maximum Gasteiger partial charge on any atom is 0.257 e. The first-order chi connectivity index (χ1) is 8.63. The van der Waals surface area contributed by atoms with Gasteiger partial charge in [-0.2, -0.15) is 0 Å². The van der Waals surface area contributed by atoms with Gasteiger partial charge in [-0.3, -0.25) is 4.79 Å². The fourth-order valence-corrected chi connectivity index (χ4v) is 2.05. The fraction of sp³-hybridized carbons (Fsp3) is 0. The molecule has 3 nitrogen and oxygen atoms in total. The number of carbonyl (C=O) groups is 1. The second kappa shape index (κ2) is 3.99. The van der Waals surface area contributed by atoms with Gasteiger partial charge >= 0.3 is 0 Å². The van der Waals surface area contributed by atoms with Crippen molar-refractivity contribution in [1.82, 2.24) is 0 Å². The molecule has 1 heterocycles. The Kier molecular flexibility index (Phi) is 2.45. The summed E-state index contributed by atoms with van der Waals surface area (Å²) in [6, 6.07) is 9.16. The van der Waals surface area contributed by atoms with Crippen molar-refractivity contribution in [3.8, 4) is 0 Å². The van der Waals surface area contributed by atoms with Crippen molar-refractivity contribution in [2.75, 3.05) is 10.6 Å². The molecule has 3 rings (SSSR count). The quantitative estimate of drug-likeness (QED) is 0.758. The molecule has 1 aliphatic heterocycles. The van der Waals surface area contributed by atoms with Crippen molar-refractivity contribution in [3.05, 3.63) is 52.8 Å². The minimum Gasteiger partial charge on any atom is -0.353 e. The normalized spacial score (nSPS) is 12.9. The highest BCUT2D eigenvalue weighted by molar-refractivity contribution is 6.31. The number of halogens is 2. The third-order valence-electron chi connectivity index (χ3n) is 2.73. The molecule has 0 atom stereocenters. The molecule has 1 amide bonds. The molecule has 2 N–H and O–H groups in total. The van der Waals surface area contributed by atoms with E-state index >= 15 is 0 Å². The lowest BCUT2D eigenvalue weighted by Gasteiger charge is -2.08. The van der Waals surface area contributed by atoms with Crippen molar-refractivity contribution in [1.29, 1.82) is 0 Å². The molecule has 0 aliphatic carbocycles. The van der Waals surface area contributed by atoms with E-state index in [0.29, 0.717) is 27.6 Å². The van der Waals surface area contributed by atoms with Gasteiger partial charge in [0.1, 0.15) is 5.82 Å². The zero-order valence-corrected chi connectivity index (χ0v) is 9.88. The van der Waals surface area contributed by atoms with Gasteiger partial charge in [0.2, 0.25) is 0 Å². The van der Waals surface area contributed by atoms with Crippen LogP contribution in [0.5, 0.6) is 0 Å². The molecule has 2 aromatic rings. The molecule has 0 unspecified atom stereocenters. The molecular weight excluding hydrogens is 255 g/mol. The lowest BCUT2D eigenvalue weighted by atomic mass is 10.1. The summed E-state index contributed by atoms with van der Waals surface area (Å²) < 4.78 is 13.1. The molecule has 0 saturated heterocycles. The lowest BCUT2D eigenvalue weighted by molar-refractivity contribution is 0.102. The van der Waals surface area contributed by atoms with Crippen molar-refractivity contribution >= 4 is 34.6 Å². The van der Waals surface area contributed by atoms with E-state index in [9.17, 15) is 9.18 Å². The van der Waals surface area contributed by atoms with E-state index in [2.05, 4.69) is 10.6 Å². The minimum absolute atomic E-state index is 0.315. The second-order valence-corrected chi connectivity index (χ2v) is 4.40. The summed E-state index contributed by atoms with van der Waals surface area (Å²) in [5.41, 5.74) is 2.12. The number of hydrogen-bond acceptors (Lipinski definition) is 2. The Hall–Kier alpha value is -2.07. The van der Waals surface area contributed by atoms with Gasteiger partial charge in [-0.25, -0.2) is 4.39 Å². The van der Waals surface area contributed by atoms with Crippen LogP contribution in [0.15, 0.2) is 36.4 Å². The molecule has 0 bridgehead atoms. The van der Waals surface area contributed by atoms with E-state index < -0.39 is 5.82 Å². The number of hydrogen-bond donors (Lipinski definition) is 2. The van der Waals surface area contributed by atoms with E-state index in [-0.39, 0.29) is 5.91 Å². The van der Waals surface area contributed by atoms with Gasteiger partial charge in [-0.05, 0) is 36.4 Å². The number of benzene rings is 2. The molecule has 90 valence electrons. The number of carbonyl (C=O) groups excluding carboxylic acids is 1. The highest BCUT2D eigenvalue weighted by atomic mass is 35.5. The average molecular weight is 263 g/mol. The Labute approximate surface area is 108 Å². The number of fused-ring (bicyclic) bond motifs is 2. The first-order valence-corrected chi connectivity index (χ1v) is 5.69. The van der Waals surface area contributed by atoms with Gasteiger partial charge in [0, 0.05) is 5.02 Å². The molecule has 2 aromatic carbocycles. The first kappa shape index (κ1) is 11.0. The number of rotatable bonds is 0. The van der Waals surface area contributed by atoms with Crippen molar-refractivity contribution in [2.24, 2.45) is 0 Å². The maximum atomic E-state index is 13.1. The second-order valence-electron chi connectivity index (χ2n) is 3.96. The Balaban J connectivity index is 2.16.